The van der Waals surface area contributed by atoms with Crippen molar-refractivity contribution in [1.82, 2.24) is 9.97 Å². The zero-order valence-electron chi connectivity index (χ0n) is 13.0. The van der Waals surface area contributed by atoms with Crippen molar-refractivity contribution in [3.8, 4) is 5.75 Å². The van der Waals surface area contributed by atoms with Gasteiger partial charge in [0.25, 0.3) is 0 Å². The Labute approximate surface area is 148 Å². The zero-order chi connectivity index (χ0) is 16.9. The van der Waals surface area contributed by atoms with Crippen LogP contribution in [0.25, 0.3) is 0 Å². The molecule has 1 heterocycles. The molecule has 3 rings (SSSR count). The van der Waals surface area contributed by atoms with E-state index in [1.54, 1.807) is 7.11 Å². The molecule has 0 fully saturated rings. The molecule has 0 unspecified atom stereocenters. The van der Waals surface area contributed by atoms with E-state index in [1.165, 1.54) is 6.33 Å². The molecule has 0 saturated heterocycles. The number of hydrogen-bond donors (Lipinski definition) is 3. The lowest BCUT2D eigenvalue weighted by Crippen LogP contribution is -2.05. The number of methoxy groups -OCH3 is 1. The van der Waals surface area contributed by atoms with E-state index in [2.05, 4.69) is 36.5 Å². The van der Waals surface area contributed by atoms with Crippen molar-refractivity contribution in [2.45, 2.75) is 0 Å². The molecule has 0 aliphatic rings. The Hall–Kier alpha value is -2.80. The lowest BCUT2D eigenvalue weighted by atomic mass is 10.3. The second-order valence-electron chi connectivity index (χ2n) is 4.98. The molecule has 1 aromatic heterocycles. The number of halogens is 1. The highest BCUT2D eigenvalue weighted by atomic mass is 79.9. The van der Waals surface area contributed by atoms with Crippen molar-refractivity contribution in [1.29, 1.82) is 0 Å². The Morgan fingerprint density at radius 1 is 0.958 bits per heavy atom. The predicted octanol–water partition coefficient (Wildman–Crippen LogP) is 4.32. The first kappa shape index (κ1) is 16.1. The monoisotopic (exact) mass is 385 g/mol. The molecule has 24 heavy (non-hydrogen) atoms. The molecule has 0 radical (unpaired) electrons. The van der Waals surface area contributed by atoms with Crippen LogP contribution in [0.5, 0.6) is 5.75 Å². The number of nitrogens with one attached hydrogen (secondary N) is 2. The van der Waals surface area contributed by atoms with Crippen LogP contribution in [-0.2, 0) is 0 Å². The van der Waals surface area contributed by atoms with Crippen LogP contribution in [0, 0.1) is 0 Å². The topological polar surface area (TPSA) is 85.1 Å². The highest BCUT2D eigenvalue weighted by Gasteiger charge is 2.09. The molecule has 2 aromatic carbocycles. The number of nitrogens with zero attached hydrogens (tertiary/aromatic N) is 2. The number of anilines is 5. The van der Waals surface area contributed by atoms with Crippen molar-refractivity contribution in [3.63, 3.8) is 0 Å². The smallest absolute Gasteiger partial charge is 0.159 e. The highest BCUT2D eigenvalue weighted by molar-refractivity contribution is 9.10. The van der Waals surface area contributed by atoms with Crippen LogP contribution in [-0.4, -0.2) is 17.1 Å². The summed E-state index contributed by atoms with van der Waals surface area (Å²) in [7, 11) is 1.62. The van der Waals surface area contributed by atoms with Gasteiger partial charge in [-0.3, -0.25) is 0 Å². The van der Waals surface area contributed by atoms with E-state index in [0.29, 0.717) is 17.3 Å². The van der Waals surface area contributed by atoms with Crippen molar-refractivity contribution in [3.05, 3.63) is 59.3 Å². The molecule has 3 aromatic rings. The molecule has 6 nitrogen and oxygen atoms in total. The molecule has 0 aliphatic heterocycles. The first-order valence-corrected chi connectivity index (χ1v) is 7.99. The van der Waals surface area contributed by atoms with Gasteiger partial charge in [0.15, 0.2) is 11.6 Å². The van der Waals surface area contributed by atoms with E-state index in [4.69, 9.17) is 10.5 Å². The number of benzene rings is 2. The summed E-state index contributed by atoms with van der Waals surface area (Å²) in [5.41, 5.74) is 8.33. The third-order valence-electron chi connectivity index (χ3n) is 3.30. The van der Waals surface area contributed by atoms with Gasteiger partial charge in [-0.15, -0.1) is 0 Å². The second-order valence-corrected chi connectivity index (χ2v) is 5.89. The van der Waals surface area contributed by atoms with Crippen molar-refractivity contribution < 1.29 is 4.74 Å². The third-order valence-corrected chi connectivity index (χ3v) is 3.80. The molecule has 0 spiro atoms. The first-order chi connectivity index (χ1) is 11.7. The summed E-state index contributed by atoms with van der Waals surface area (Å²) in [6, 6.07) is 15.3. The van der Waals surface area contributed by atoms with Gasteiger partial charge in [-0.1, -0.05) is 28.1 Å². The summed E-state index contributed by atoms with van der Waals surface area (Å²) in [5, 5.41) is 6.37. The number of nitrogens with two attached hydrogens (primary N) is 1. The molecule has 4 N–H and O–H groups in total. The highest BCUT2D eigenvalue weighted by Crippen LogP contribution is 2.29. The fraction of sp³-hybridized carbons (Fsp3) is 0.0588. The summed E-state index contributed by atoms with van der Waals surface area (Å²) in [5.74, 6) is 1.81. The van der Waals surface area contributed by atoms with Gasteiger partial charge in [0.05, 0.1) is 7.11 Å². The van der Waals surface area contributed by atoms with Crippen LogP contribution in [0.4, 0.5) is 28.7 Å². The van der Waals surface area contributed by atoms with Gasteiger partial charge < -0.3 is 21.1 Å². The fourth-order valence-corrected chi connectivity index (χ4v) is 2.53. The van der Waals surface area contributed by atoms with E-state index in [9.17, 15) is 0 Å². The van der Waals surface area contributed by atoms with Gasteiger partial charge in [-0.2, -0.15) is 0 Å². The molecule has 7 heteroatoms. The summed E-state index contributed by atoms with van der Waals surface area (Å²) < 4.78 is 6.18. The van der Waals surface area contributed by atoms with Gasteiger partial charge in [-0.05, 0) is 30.3 Å². The Morgan fingerprint density at radius 3 is 2.21 bits per heavy atom. The van der Waals surface area contributed by atoms with Gasteiger partial charge in [0.2, 0.25) is 0 Å². The Bertz CT molecular complexity index is 856. The zero-order valence-corrected chi connectivity index (χ0v) is 14.5. The SMILES string of the molecule is COc1cccc(Nc2ncnc(Nc3cccc(Br)c3)c2N)c1. The standard InChI is InChI=1S/C17H16BrN5O/c1-24-14-7-3-6-13(9-14)23-17-15(19)16(20-10-21-17)22-12-5-2-4-11(18)8-12/h2-10H,19H2,1H3,(H2,20,21,22,23). The van der Waals surface area contributed by atoms with Crippen LogP contribution in [0.3, 0.4) is 0 Å². The molecule has 0 bridgehead atoms. The minimum absolute atomic E-state index is 0.431. The van der Waals surface area contributed by atoms with E-state index in [-0.39, 0.29) is 0 Å². The van der Waals surface area contributed by atoms with Crippen LogP contribution in [0.15, 0.2) is 59.3 Å². The maximum Gasteiger partial charge on any atom is 0.159 e. The van der Waals surface area contributed by atoms with E-state index in [0.717, 1.165) is 21.6 Å². The van der Waals surface area contributed by atoms with E-state index in [1.807, 2.05) is 48.5 Å². The van der Waals surface area contributed by atoms with Gasteiger partial charge in [0, 0.05) is 21.9 Å². The largest absolute Gasteiger partial charge is 0.497 e. The molecule has 0 atom stereocenters. The second kappa shape index (κ2) is 7.18. The first-order valence-electron chi connectivity index (χ1n) is 7.20. The Morgan fingerprint density at radius 2 is 1.58 bits per heavy atom. The molecule has 0 aliphatic carbocycles. The Kier molecular flexibility index (Phi) is 4.81. The third kappa shape index (κ3) is 3.75. The molecule has 0 amide bonds. The summed E-state index contributed by atoms with van der Waals surface area (Å²) in [4.78, 5) is 8.42. The number of ether oxygens (including phenoxy) is 1. The van der Waals surface area contributed by atoms with Crippen LogP contribution >= 0.6 is 15.9 Å². The normalized spacial score (nSPS) is 10.2. The van der Waals surface area contributed by atoms with Crippen molar-refractivity contribution in [2.24, 2.45) is 0 Å². The number of nitrogen functional groups attached to an aromatic ring is 1. The molecule has 0 saturated carbocycles. The lowest BCUT2D eigenvalue weighted by molar-refractivity contribution is 0.415. The average Bonchev–Trinajstić information content (AvgIpc) is 2.59. The van der Waals surface area contributed by atoms with E-state index < -0.39 is 0 Å². The number of aromatic nitrogens is 2. The quantitative estimate of drug-likeness (QED) is 0.606. The minimum atomic E-state index is 0.431. The van der Waals surface area contributed by atoms with Crippen molar-refractivity contribution in [2.75, 3.05) is 23.5 Å². The lowest BCUT2D eigenvalue weighted by Gasteiger charge is -2.13. The number of hydrogen-bond acceptors (Lipinski definition) is 6. The summed E-state index contributed by atoms with van der Waals surface area (Å²) in [6.07, 6.45) is 1.46. The maximum absolute atomic E-state index is 6.19. The van der Waals surface area contributed by atoms with E-state index >= 15 is 0 Å². The average molecular weight is 386 g/mol. The minimum Gasteiger partial charge on any atom is -0.497 e. The van der Waals surface area contributed by atoms with Gasteiger partial charge in [0.1, 0.15) is 17.8 Å². The fourth-order valence-electron chi connectivity index (χ4n) is 2.14. The number of rotatable bonds is 5. The predicted molar refractivity (Wildman–Crippen MR) is 100 cm³/mol. The Balaban J connectivity index is 1.85. The molecular formula is C17H16BrN5O. The summed E-state index contributed by atoms with van der Waals surface area (Å²) >= 11 is 3.44. The van der Waals surface area contributed by atoms with Crippen LogP contribution in [0.1, 0.15) is 0 Å². The van der Waals surface area contributed by atoms with Crippen LogP contribution < -0.4 is 21.1 Å². The van der Waals surface area contributed by atoms with Crippen molar-refractivity contribution >= 4 is 44.6 Å². The maximum atomic E-state index is 6.19. The molecular weight excluding hydrogens is 370 g/mol. The summed E-state index contributed by atoms with van der Waals surface area (Å²) in [6.45, 7) is 0. The van der Waals surface area contributed by atoms with Crippen LogP contribution in [0.2, 0.25) is 0 Å². The van der Waals surface area contributed by atoms with Gasteiger partial charge >= 0.3 is 0 Å². The van der Waals surface area contributed by atoms with Gasteiger partial charge in [-0.25, -0.2) is 9.97 Å². The molecule has 122 valence electrons.